The van der Waals surface area contributed by atoms with Crippen LogP contribution in [0.5, 0.6) is 0 Å². The molecule has 0 radical (unpaired) electrons. The minimum Gasteiger partial charge on any atom is -0.383 e. The van der Waals surface area contributed by atoms with Crippen molar-refractivity contribution in [3.8, 4) is 5.69 Å². The number of amides is 1. The number of rotatable bonds is 9. The van der Waals surface area contributed by atoms with Crippen molar-refractivity contribution in [2.45, 2.75) is 46.1 Å². The Hall–Kier alpha value is -2.18. The van der Waals surface area contributed by atoms with Gasteiger partial charge in [-0.05, 0) is 80.9 Å². The predicted octanol–water partition coefficient (Wildman–Crippen LogP) is 3.24. The second kappa shape index (κ2) is 10.6. The van der Waals surface area contributed by atoms with Gasteiger partial charge in [-0.2, -0.15) is 5.10 Å². The molecule has 0 atom stereocenters. The van der Waals surface area contributed by atoms with Gasteiger partial charge in [-0.3, -0.25) is 9.69 Å². The lowest BCUT2D eigenvalue weighted by Crippen LogP contribution is -2.34. The molecule has 2 heterocycles. The summed E-state index contributed by atoms with van der Waals surface area (Å²) in [5, 5.41) is 7.37. The van der Waals surface area contributed by atoms with E-state index < -0.39 is 0 Å². The van der Waals surface area contributed by atoms with Crippen LogP contribution >= 0.6 is 0 Å². The summed E-state index contributed by atoms with van der Waals surface area (Å²) in [6.45, 7) is 8.63. The molecule has 1 aromatic carbocycles. The van der Waals surface area contributed by atoms with Gasteiger partial charge in [-0.1, -0.05) is 6.07 Å². The van der Waals surface area contributed by atoms with Gasteiger partial charge in [0.1, 0.15) is 0 Å². The molecule has 1 aliphatic rings. The van der Waals surface area contributed by atoms with Crippen molar-refractivity contribution in [3.05, 3.63) is 47.3 Å². The molecule has 1 saturated heterocycles. The van der Waals surface area contributed by atoms with Crippen molar-refractivity contribution in [2.24, 2.45) is 5.92 Å². The van der Waals surface area contributed by atoms with Crippen LogP contribution in [0.3, 0.4) is 0 Å². The minimum absolute atomic E-state index is 0.142. The maximum atomic E-state index is 11.9. The Morgan fingerprint density at radius 3 is 2.76 bits per heavy atom. The van der Waals surface area contributed by atoms with E-state index in [1.165, 1.54) is 22.4 Å². The maximum Gasteiger partial charge on any atom is 0.220 e. The number of hydrogen-bond donors (Lipinski definition) is 1. The molecule has 2 aromatic rings. The average Bonchev–Trinajstić information content (AvgIpc) is 3.24. The monoisotopic (exact) mass is 398 g/mol. The summed E-state index contributed by atoms with van der Waals surface area (Å²) in [7, 11) is 1.65. The molecule has 6 heteroatoms. The molecule has 6 nitrogen and oxygen atoms in total. The second-order valence-corrected chi connectivity index (χ2v) is 8.13. The number of benzene rings is 1. The number of likely N-dealkylation sites (tertiary alicyclic amines) is 1. The smallest absolute Gasteiger partial charge is 0.220 e. The van der Waals surface area contributed by atoms with Gasteiger partial charge in [0.05, 0.1) is 12.3 Å². The molecule has 1 N–H and O–H groups in total. The van der Waals surface area contributed by atoms with Gasteiger partial charge in [0.25, 0.3) is 0 Å². The summed E-state index contributed by atoms with van der Waals surface area (Å²) in [6.07, 6.45) is 7.77. The van der Waals surface area contributed by atoms with Crippen molar-refractivity contribution in [3.63, 3.8) is 0 Å². The van der Waals surface area contributed by atoms with Gasteiger partial charge in [0.15, 0.2) is 0 Å². The third-order valence-corrected chi connectivity index (χ3v) is 5.84. The summed E-state index contributed by atoms with van der Waals surface area (Å²) in [5.74, 6) is 0.785. The van der Waals surface area contributed by atoms with E-state index in [1.807, 2.05) is 23.1 Å². The van der Waals surface area contributed by atoms with E-state index >= 15 is 0 Å². The molecule has 1 amide bonds. The molecule has 1 aliphatic heterocycles. The van der Waals surface area contributed by atoms with Gasteiger partial charge < -0.3 is 10.1 Å². The van der Waals surface area contributed by atoms with Crippen LogP contribution in [0.2, 0.25) is 0 Å². The van der Waals surface area contributed by atoms with E-state index in [0.29, 0.717) is 25.5 Å². The fraction of sp³-hybridized carbons (Fsp3) is 0.565. The first-order valence-corrected chi connectivity index (χ1v) is 10.6. The fourth-order valence-electron chi connectivity index (χ4n) is 4.17. The Labute approximate surface area is 174 Å². The van der Waals surface area contributed by atoms with E-state index in [-0.39, 0.29) is 5.91 Å². The van der Waals surface area contributed by atoms with Crippen LogP contribution in [0, 0.1) is 19.8 Å². The number of piperidine rings is 1. The van der Waals surface area contributed by atoms with Crippen molar-refractivity contribution < 1.29 is 9.53 Å². The SMILES string of the molecule is COCCNC(=O)CCC1CCN(Cc2c(C)cc(C)cc2-n2cccn2)CC1. The Bertz CT molecular complexity index is 780. The number of methoxy groups -OCH3 is 1. The molecule has 1 aromatic heterocycles. The summed E-state index contributed by atoms with van der Waals surface area (Å²) >= 11 is 0. The Balaban J connectivity index is 1.52. The van der Waals surface area contributed by atoms with E-state index in [4.69, 9.17) is 4.74 Å². The highest BCUT2D eigenvalue weighted by Crippen LogP contribution is 2.26. The minimum atomic E-state index is 0.142. The molecule has 0 bridgehead atoms. The molecule has 29 heavy (non-hydrogen) atoms. The van der Waals surface area contributed by atoms with Crippen LogP contribution in [-0.4, -0.2) is 53.9 Å². The molecular weight excluding hydrogens is 364 g/mol. The number of nitrogens with zero attached hydrogens (tertiary/aromatic N) is 3. The molecule has 0 unspecified atom stereocenters. The maximum absolute atomic E-state index is 11.9. The lowest BCUT2D eigenvalue weighted by atomic mass is 9.91. The quantitative estimate of drug-likeness (QED) is 0.659. The van der Waals surface area contributed by atoms with Crippen LogP contribution in [0.25, 0.3) is 5.69 Å². The van der Waals surface area contributed by atoms with Crippen molar-refractivity contribution in [1.82, 2.24) is 20.0 Å². The summed E-state index contributed by atoms with van der Waals surface area (Å²) < 4.78 is 6.94. The number of carbonyl (C=O) groups excluding carboxylic acids is 1. The molecule has 0 saturated carbocycles. The normalized spacial score (nSPS) is 15.6. The zero-order valence-corrected chi connectivity index (χ0v) is 18.0. The van der Waals surface area contributed by atoms with Crippen molar-refractivity contribution in [2.75, 3.05) is 33.4 Å². The van der Waals surface area contributed by atoms with Crippen LogP contribution in [0.4, 0.5) is 0 Å². The number of carbonyl (C=O) groups is 1. The number of aromatic nitrogens is 2. The van der Waals surface area contributed by atoms with E-state index in [9.17, 15) is 4.79 Å². The summed E-state index contributed by atoms with van der Waals surface area (Å²) in [4.78, 5) is 14.4. The molecule has 0 spiro atoms. The molecule has 1 fully saturated rings. The molecule has 0 aliphatic carbocycles. The van der Waals surface area contributed by atoms with Crippen LogP contribution < -0.4 is 5.32 Å². The molecular formula is C23H34N4O2. The summed E-state index contributed by atoms with van der Waals surface area (Å²) in [6, 6.07) is 6.46. The highest BCUT2D eigenvalue weighted by molar-refractivity contribution is 5.75. The third-order valence-electron chi connectivity index (χ3n) is 5.84. The van der Waals surface area contributed by atoms with Crippen LogP contribution in [0.1, 0.15) is 42.4 Å². The first kappa shape index (κ1) is 21.5. The number of aryl methyl sites for hydroxylation is 2. The van der Waals surface area contributed by atoms with Crippen molar-refractivity contribution in [1.29, 1.82) is 0 Å². The largest absolute Gasteiger partial charge is 0.383 e. The molecule has 3 rings (SSSR count). The average molecular weight is 399 g/mol. The van der Waals surface area contributed by atoms with Gasteiger partial charge in [0.2, 0.25) is 5.91 Å². The topological polar surface area (TPSA) is 59.4 Å². The molecule has 158 valence electrons. The second-order valence-electron chi connectivity index (χ2n) is 8.13. The lowest BCUT2D eigenvalue weighted by Gasteiger charge is -2.33. The Kier molecular flexibility index (Phi) is 7.83. The van der Waals surface area contributed by atoms with Crippen LogP contribution in [-0.2, 0) is 16.1 Å². The van der Waals surface area contributed by atoms with Gasteiger partial charge in [0, 0.05) is 39.0 Å². The standard InChI is InChI=1S/C23H34N4O2/c1-18-15-19(2)21(22(16-18)27-11-4-9-25-27)17-26-12-7-20(8-13-26)5-6-23(28)24-10-14-29-3/h4,9,11,15-16,20H,5-8,10,12-14,17H2,1-3H3,(H,24,28). The highest BCUT2D eigenvalue weighted by Gasteiger charge is 2.21. The van der Waals surface area contributed by atoms with Gasteiger partial charge in [-0.25, -0.2) is 4.68 Å². The number of nitrogens with one attached hydrogen (secondary N) is 1. The number of ether oxygens (including phenoxy) is 1. The zero-order valence-electron chi connectivity index (χ0n) is 18.0. The zero-order chi connectivity index (χ0) is 20.6. The summed E-state index contributed by atoms with van der Waals surface area (Å²) in [5.41, 5.74) is 5.13. The Morgan fingerprint density at radius 2 is 2.07 bits per heavy atom. The van der Waals surface area contributed by atoms with E-state index in [0.717, 1.165) is 38.9 Å². The highest BCUT2D eigenvalue weighted by atomic mass is 16.5. The lowest BCUT2D eigenvalue weighted by molar-refractivity contribution is -0.121. The van der Waals surface area contributed by atoms with Gasteiger partial charge >= 0.3 is 0 Å². The van der Waals surface area contributed by atoms with Gasteiger partial charge in [-0.15, -0.1) is 0 Å². The first-order valence-electron chi connectivity index (χ1n) is 10.6. The number of hydrogen-bond acceptors (Lipinski definition) is 4. The first-order chi connectivity index (χ1) is 14.1. The third kappa shape index (κ3) is 6.15. The van der Waals surface area contributed by atoms with E-state index in [2.05, 4.69) is 41.3 Å². The van der Waals surface area contributed by atoms with Crippen molar-refractivity contribution >= 4 is 5.91 Å². The fourth-order valence-corrected chi connectivity index (χ4v) is 4.17. The van der Waals surface area contributed by atoms with Crippen LogP contribution in [0.15, 0.2) is 30.6 Å². The van der Waals surface area contributed by atoms with E-state index in [1.54, 1.807) is 7.11 Å². The predicted molar refractivity (Wildman–Crippen MR) is 115 cm³/mol. The Morgan fingerprint density at radius 1 is 1.28 bits per heavy atom.